The second-order valence-corrected chi connectivity index (χ2v) is 6.44. The summed E-state index contributed by atoms with van der Waals surface area (Å²) in [6, 6.07) is 0. The lowest BCUT2D eigenvalue weighted by atomic mass is 9.93. The lowest BCUT2D eigenvalue weighted by Gasteiger charge is -2.26. The molecule has 1 heterocycles. The van der Waals surface area contributed by atoms with Crippen LogP contribution >= 0.6 is 0 Å². The van der Waals surface area contributed by atoms with Crippen LogP contribution < -0.4 is 0 Å². The van der Waals surface area contributed by atoms with E-state index in [1.54, 1.807) is 25.7 Å². The number of nitrogens with zero attached hydrogens (tertiary/aromatic N) is 1. The van der Waals surface area contributed by atoms with Gasteiger partial charge in [0.25, 0.3) is 0 Å². The first-order valence-corrected chi connectivity index (χ1v) is 7.41. The van der Waals surface area contributed by atoms with Crippen molar-refractivity contribution in [3.8, 4) is 0 Å². The summed E-state index contributed by atoms with van der Waals surface area (Å²) in [6.07, 6.45) is 0.0948. The van der Waals surface area contributed by atoms with Gasteiger partial charge in [-0.05, 0) is 46.0 Å². The van der Waals surface area contributed by atoms with Crippen LogP contribution in [0, 0.1) is 5.92 Å². The number of alkyl halides is 1. The number of esters is 1. The maximum absolute atomic E-state index is 14.1. The molecule has 0 N–H and O–H groups in total. The van der Waals surface area contributed by atoms with E-state index >= 15 is 0 Å². The molecule has 0 bridgehead atoms. The zero-order valence-electron chi connectivity index (χ0n) is 13.4. The van der Waals surface area contributed by atoms with Crippen LogP contribution in [0.25, 0.3) is 0 Å². The largest absolute Gasteiger partial charge is 0.469 e. The first-order valence-electron chi connectivity index (χ1n) is 7.41. The van der Waals surface area contributed by atoms with Gasteiger partial charge in [0.05, 0.1) is 7.11 Å². The second kappa shape index (κ2) is 7.61. The normalized spacial score (nSPS) is 23.4. The van der Waals surface area contributed by atoms with Crippen molar-refractivity contribution < 1.29 is 23.5 Å². The molecule has 1 aliphatic rings. The Morgan fingerprint density at radius 1 is 1.24 bits per heavy atom. The average Bonchev–Trinajstić information content (AvgIpc) is 2.56. The van der Waals surface area contributed by atoms with Gasteiger partial charge < -0.3 is 14.4 Å². The Balaban J connectivity index is 2.51. The van der Waals surface area contributed by atoms with Crippen LogP contribution in [0.5, 0.6) is 0 Å². The Bertz CT molecular complexity index is 367. The monoisotopic (exact) mass is 303 g/mol. The maximum Gasteiger partial charge on any atom is 0.410 e. The van der Waals surface area contributed by atoms with E-state index in [4.69, 9.17) is 4.74 Å². The van der Waals surface area contributed by atoms with E-state index in [1.165, 1.54) is 7.11 Å². The van der Waals surface area contributed by atoms with E-state index in [2.05, 4.69) is 4.74 Å². The van der Waals surface area contributed by atoms with Crippen molar-refractivity contribution in [2.45, 2.75) is 58.2 Å². The summed E-state index contributed by atoms with van der Waals surface area (Å²) in [5.41, 5.74) is -0.553. The number of carbonyl (C=O) groups is 2. The van der Waals surface area contributed by atoms with Crippen molar-refractivity contribution in [2.24, 2.45) is 5.92 Å². The number of methoxy groups -OCH3 is 1. The van der Waals surface area contributed by atoms with Crippen LogP contribution in [0.3, 0.4) is 0 Å². The van der Waals surface area contributed by atoms with E-state index < -0.39 is 17.9 Å². The molecule has 0 spiro atoms. The minimum absolute atomic E-state index is 0.212. The van der Waals surface area contributed by atoms with Gasteiger partial charge in [-0.3, -0.25) is 4.79 Å². The number of amides is 1. The van der Waals surface area contributed by atoms with Gasteiger partial charge in [0.2, 0.25) is 0 Å². The Morgan fingerprint density at radius 2 is 1.86 bits per heavy atom. The lowest BCUT2D eigenvalue weighted by Crippen LogP contribution is -2.37. The Kier molecular flexibility index (Phi) is 6.42. The molecule has 1 amide bonds. The highest BCUT2D eigenvalue weighted by Crippen LogP contribution is 2.26. The van der Waals surface area contributed by atoms with Crippen LogP contribution in [-0.2, 0) is 14.3 Å². The SMILES string of the molecule is COC(=O)CCC1CCN(C(=O)OC(C)(C)C)CCC1F. The molecule has 1 rings (SSSR count). The van der Waals surface area contributed by atoms with Gasteiger partial charge in [-0.2, -0.15) is 0 Å². The Hall–Kier alpha value is -1.33. The molecular weight excluding hydrogens is 277 g/mol. The van der Waals surface area contributed by atoms with Gasteiger partial charge in [0, 0.05) is 19.5 Å². The van der Waals surface area contributed by atoms with Crippen molar-refractivity contribution in [2.75, 3.05) is 20.2 Å². The van der Waals surface area contributed by atoms with Crippen LogP contribution in [0.2, 0.25) is 0 Å². The van der Waals surface area contributed by atoms with Crippen LogP contribution in [0.4, 0.5) is 9.18 Å². The molecule has 21 heavy (non-hydrogen) atoms. The molecule has 2 atom stereocenters. The van der Waals surface area contributed by atoms with Crippen molar-refractivity contribution in [3.63, 3.8) is 0 Å². The molecule has 0 aromatic heterocycles. The summed E-state index contributed by atoms with van der Waals surface area (Å²) >= 11 is 0. The zero-order chi connectivity index (χ0) is 16.0. The highest BCUT2D eigenvalue weighted by Gasteiger charge is 2.30. The molecule has 0 aliphatic carbocycles. The molecule has 0 aromatic carbocycles. The number of carbonyl (C=O) groups excluding carboxylic acids is 2. The molecule has 1 saturated heterocycles. The molecule has 2 unspecified atom stereocenters. The quantitative estimate of drug-likeness (QED) is 0.752. The zero-order valence-corrected chi connectivity index (χ0v) is 13.4. The van der Waals surface area contributed by atoms with Gasteiger partial charge in [-0.1, -0.05) is 0 Å². The molecule has 122 valence electrons. The molecule has 0 saturated carbocycles. The van der Waals surface area contributed by atoms with Crippen LogP contribution in [-0.4, -0.2) is 48.9 Å². The van der Waals surface area contributed by atoms with Crippen molar-refractivity contribution >= 4 is 12.1 Å². The number of hydrogen-bond acceptors (Lipinski definition) is 4. The highest BCUT2D eigenvalue weighted by atomic mass is 19.1. The predicted octanol–water partition coefficient (Wildman–Crippen LogP) is 2.92. The predicted molar refractivity (Wildman–Crippen MR) is 76.7 cm³/mol. The van der Waals surface area contributed by atoms with Gasteiger partial charge in [0.15, 0.2) is 0 Å². The minimum Gasteiger partial charge on any atom is -0.469 e. The molecule has 1 fully saturated rings. The van der Waals surface area contributed by atoms with Crippen molar-refractivity contribution in [3.05, 3.63) is 0 Å². The summed E-state index contributed by atoms with van der Waals surface area (Å²) in [5, 5.41) is 0. The van der Waals surface area contributed by atoms with Crippen LogP contribution in [0.15, 0.2) is 0 Å². The van der Waals surface area contributed by atoms with E-state index in [0.717, 1.165) is 0 Å². The van der Waals surface area contributed by atoms with E-state index in [1.807, 2.05) is 0 Å². The number of rotatable bonds is 3. The molecule has 1 aliphatic heterocycles. The third-order valence-corrected chi connectivity index (χ3v) is 3.55. The average molecular weight is 303 g/mol. The molecule has 0 aromatic rings. The topological polar surface area (TPSA) is 55.8 Å². The minimum atomic E-state index is -0.998. The Labute approximate surface area is 125 Å². The molecule has 0 radical (unpaired) electrons. The first kappa shape index (κ1) is 17.7. The third kappa shape index (κ3) is 6.31. The first-order chi connectivity index (χ1) is 9.73. The Morgan fingerprint density at radius 3 is 2.43 bits per heavy atom. The standard InChI is InChI=1S/C15H26FNO4/c1-15(2,3)21-14(19)17-9-7-11(12(16)8-10-17)5-6-13(18)20-4/h11-12H,5-10H2,1-4H3. The molecular formula is C15H26FNO4. The van der Waals surface area contributed by atoms with Crippen molar-refractivity contribution in [1.29, 1.82) is 0 Å². The summed E-state index contributed by atoms with van der Waals surface area (Å²) in [7, 11) is 1.33. The fraction of sp³-hybridized carbons (Fsp3) is 0.867. The summed E-state index contributed by atoms with van der Waals surface area (Å²) in [4.78, 5) is 24.7. The third-order valence-electron chi connectivity index (χ3n) is 3.55. The molecule has 6 heteroatoms. The number of ether oxygens (including phenoxy) is 2. The second-order valence-electron chi connectivity index (χ2n) is 6.44. The van der Waals surface area contributed by atoms with Crippen molar-refractivity contribution in [1.82, 2.24) is 4.90 Å². The van der Waals surface area contributed by atoms with Gasteiger partial charge in [-0.15, -0.1) is 0 Å². The summed E-state index contributed by atoms with van der Waals surface area (Å²) < 4.78 is 24.0. The fourth-order valence-electron chi connectivity index (χ4n) is 2.37. The van der Waals surface area contributed by atoms with E-state index in [0.29, 0.717) is 25.9 Å². The summed E-state index contributed by atoms with van der Waals surface area (Å²) in [5.74, 6) is -0.535. The lowest BCUT2D eigenvalue weighted by molar-refractivity contribution is -0.141. The highest BCUT2D eigenvalue weighted by molar-refractivity contribution is 5.69. The van der Waals surface area contributed by atoms with E-state index in [9.17, 15) is 14.0 Å². The smallest absolute Gasteiger partial charge is 0.410 e. The van der Waals surface area contributed by atoms with Gasteiger partial charge in [-0.25, -0.2) is 9.18 Å². The summed E-state index contributed by atoms with van der Waals surface area (Å²) in [6.45, 7) is 6.23. The molecule has 5 nitrogen and oxygen atoms in total. The number of hydrogen-bond donors (Lipinski definition) is 0. The van der Waals surface area contributed by atoms with Gasteiger partial charge >= 0.3 is 12.1 Å². The van der Waals surface area contributed by atoms with Crippen LogP contribution in [0.1, 0.15) is 46.5 Å². The maximum atomic E-state index is 14.1. The van der Waals surface area contributed by atoms with E-state index in [-0.39, 0.29) is 24.7 Å². The van der Waals surface area contributed by atoms with Gasteiger partial charge in [0.1, 0.15) is 11.8 Å². The fourth-order valence-corrected chi connectivity index (χ4v) is 2.37. The number of halogens is 1. The number of likely N-dealkylation sites (tertiary alicyclic amines) is 1.